The number of carbonyl (C=O) groups is 1. The Kier molecular flexibility index (Phi) is 5.17. The van der Waals surface area contributed by atoms with E-state index in [1.165, 1.54) is 5.56 Å². The van der Waals surface area contributed by atoms with Gasteiger partial charge in [-0.25, -0.2) is 4.79 Å². The van der Waals surface area contributed by atoms with Gasteiger partial charge in [0.1, 0.15) is 5.75 Å². The summed E-state index contributed by atoms with van der Waals surface area (Å²) < 4.78 is 10.5. The summed E-state index contributed by atoms with van der Waals surface area (Å²) in [4.78, 5) is 11.3. The number of methoxy groups -OCH3 is 2. The van der Waals surface area contributed by atoms with Gasteiger partial charge in [0.05, 0.1) is 19.3 Å². The molecule has 0 heterocycles. The van der Waals surface area contributed by atoms with Crippen molar-refractivity contribution in [3.63, 3.8) is 0 Å². The number of benzene rings is 2. The molecule has 0 unspecified atom stereocenters. The number of carboxylic acids is 1. The summed E-state index contributed by atoms with van der Waals surface area (Å²) in [6.45, 7) is 2.44. The number of aryl methyl sites for hydroxylation is 1. The summed E-state index contributed by atoms with van der Waals surface area (Å²) in [5.41, 5.74) is 3.86. The van der Waals surface area contributed by atoms with Gasteiger partial charge in [0.25, 0.3) is 0 Å². The first-order chi connectivity index (χ1) is 10.6. The van der Waals surface area contributed by atoms with Gasteiger partial charge >= 0.3 is 5.97 Å². The summed E-state index contributed by atoms with van der Waals surface area (Å²) in [5.74, 6) is -0.259. The molecule has 1 N–H and O–H groups in total. The van der Waals surface area contributed by atoms with E-state index in [0.717, 1.165) is 17.5 Å². The topological polar surface area (TPSA) is 55.8 Å². The molecule has 0 bridgehead atoms. The third kappa shape index (κ3) is 3.46. The van der Waals surface area contributed by atoms with Crippen molar-refractivity contribution in [3.8, 4) is 16.9 Å². The van der Waals surface area contributed by atoms with Crippen LogP contribution in [0.25, 0.3) is 11.1 Å². The van der Waals surface area contributed by atoms with E-state index in [-0.39, 0.29) is 0 Å². The zero-order valence-corrected chi connectivity index (χ0v) is 13.1. The van der Waals surface area contributed by atoms with Crippen molar-refractivity contribution >= 4 is 5.97 Å². The van der Waals surface area contributed by atoms with Crippen LogP contribution in [-0.2, 0) is 11.2 Å². The fraction of sp³-hybridized carbons (Fsp3) is 0.278. The molecule has 0 aliphatic rings. The van der Waals surface area contributed by atoms with Crippen LogP contribution in [0.15, 0.2) is 36.4 Å². The molecule has 116 valence electrons. The molecule has 0 saturated heterocycles. The smallest absolute Gasteiger partial charge is 0.335 e. The molecule has 0 aliphatic carbocycles. The predicted octanol–water partition coefficient (Wildman–Crippen LogP) is 3.56. The quantitative estimate of drug-likeness (QED) is 0.886. The fourth-order valence-corrected chi connectivity index (χ4v) is 2.38. The highest BCUT2D eigenvalue weighted by atomic mass is 16.5. The SMILES string of the molecule is COCCc1ccc(-c2cc(C(=O)O)c(C)cc2OC)cc1. The van der Waals surface area contributed by atoms with Crippen LogP contribution in [0.2, 0.25) is 0 Å². The van der Waals surface area contributed by atoms with Gasteiger partial charge in [0, 0.05) is 12.7 Å². The van der Waals surface area contributed by atoms with Crippen LogP contribution < -0.4 is 4.74 Å². The summed E-state index contributed by atoms with van der Waals surface area (Å²) in [5, 5.41) is 9.29. The fourth-order valence-electron chi connectivity index (χ4n) is 2.38. The normalized spacial score (nSPS) is 10.5. The molecule has 2 aromatic rings. The third-order valence-electron chi connectivity index (χ3n) is 3.64. The summed E-state index contributed by atoms with van der Waals surface area (Å²) >= 11 is 0. The molecular weight excluding hydrogens is 280 g/mol. The molecule has 2 rings (SSSR count). The van der Waals surface area contributed by atoms with Gasteiger partial charge in [-0.1, -0.05) is 24.3 Å². The first-order valence-electron chi connectivity index (χ1n) is 7.07. The van der Waals surface area contributed by atoms with E-state index in [1.807, 2.05) is 24.3 Å². The Morgan fingerprint density at radius 1 is 1.14 bits per heavy atom. The van der Waals surface area contributed by atoms with Gasteiger partial charge in [0.2, 0.25) is 0 Å². The maximum atomic E-state index is 11.3. The molecule has 2 aromatic carbocycles. The number of hydrogen-bond acceptors (Lipinski definition) is 3. The minimum atomic E-state index is -0.932. The van der Waals surface area contributed by atoms with E-state index in [1.54, 1.807) is 33.3 Å². The zero-order chi connectivity index (χ0) is 16.1. The van der Waals surface area contributed by atoms with Crippen molar-refractivity contribution in [2.45, 2.75) is 13.3 Å². The highest BCUT2D eigenvalue weighted by molar-refractivity contribution is 5.92. The highest BCUT2D eigenvalue weighted by Gasteiger charge is 2.14. The highest BCUT2D eigenvalue weighted by Crippen LogP contribution is 2.33. The number of hydrogen-bond donors (Lipinski definition) is 1. The second kappa shape index (κ2) is 7.09. The maximum absolute atomic E-state index is 11.3. The molecular formula is C18H20O4. The van der Waals surface area contributed by atoms with Crippen LogP contribution in [0, 0.1) is 6.92 Å². The lowest BCUT2D eigenvalue weighted by Crippen LogP contribution is -2.01. The monoisotopic (exact) mass is 300 g/mol. The molecule has 0 amide bonds. The Balaban J connectivity index is 2.42. The number of carboxylic acid groups (broad SMARTS) is 1. The first-order valence-corrected chi connectivity index (χ1v) is 7.07. The molecule has 0 aliphatic heterocycles. The van der Waals surface area contributed by atoms with E-state index >= 15 is 0 Å². The van der Waals surface area contributed by atoms with Crippen molar-refractivity contribution in [2.75, 3.05) is 20.8 Å². The zero-order valence-electron chi connectivity index (χ0n) is 13.1. The van der Waals surface area contributed by atoms with E-state index in [0.29, 0.717) is 23.5 Å². The Bertz CT molecular complexity index is 660. The minimum absolute atomic E-state index is 0.291. The maximum Gasteiger partial charge on any atom is 0.335 e. The largest absolute Gasteiger partial charge is 0.496 e. The van der Waals surface area contributed by atoms with Crippen molar-refractivity contribution in [1.29, 1.82) is 0 Å². The molecule has 0 saturated carbocycles. The summed E-state index contributed by atoms with van der Waals surface area (Å²) in [7, 11) is 3.27. The van der Waals surface area contributed by atoms with Gasteiger partial charge in [0.15, 0.2) is 0 Å². The summed E-state index contributed by atoms with van der Waals surface area (Å²) in [6.07, 6.45) is 0.849. The number of aromatic carboxylic acids is 1. The molecule has 0 radical (unpaired) electrons. The second-order valence-electron chi connectivity index (χ2n) is 5.11. The second-order valence-corrected chi connectivity index (χ2v) is 5.11. The van der Waals surface area contributed by atoms with Crippen LogP contribution in [0.5, 0.6) is 5.75 Å². The minimum Gasteiger partial charge on any atom is -0.496 e. The molecule has 4 heteroatoms. The predicted molar refractivity (Wildman–Crippen MR) is 85.7 cm³/mol. The Morgan fingerprint density at radius 3 is 2.36 bits per heavy atom. The van der Waals surface area contributed by atoms with Crippen LogP contribution in [0.4, 0.5) is 0 Å². The standard InChI is InChI=1S/C18H20O4/c1-12-10-17(22-3)16(11-15(12)18(19)20)14-6-4-13(5-7-14)8-9-21-2/h4-7,10-11H,8-9H2,1-3H3,(H,19,20). The van der Waals surface area contributed by atoms with E-state index < -0.39 is 5.97 Å². The van der Waals surface area contributed by atoms with Crippen molar-refractivity contribution in [3.05, 3.63) is 53.1 Å². The molecule has 0 aromatic heterocycles. The third-order valence-corrected chi connectivity index (χ3v) is 3.64. The lowest BCUT2D eigenvalue weighted by Gasteiger charge is -2.12. The molecule has 4 nitrogen and oxygen atoms in total. The Hall–Kier alpha value is -2.33. The Labute approximate surface area is 130 Å². The lowest BCUT2D eigenvalue weighted by molar-refractivity contribution is 0.0696. The molecule has 0 atom stereocenters. The van der Waals surface area contributed by atoms with E-state index in [4.69, 9.17) is 9.47 Å². The number of ether oxygens (including phenoxy) is 2. The van der Waals surface area contributed by atoms with Crippen LogP contribution in [0.1, 0.15) is 21.5 Å². The summed E-state index contributed by atoms with van der Waals surface area (Å²) in [6, 6.07) is 11.4. The molecule has 0 spiro atoms. The average Bonchev–Trinajstić information content (AvgIpc) is 2.52. The van der Waals surface area contributed by atoms with Crippen LogP contribution >= 0.6 is 0 Å². The van der Waals surface area contributed by atoms with Crippen molar-refractivity contribution in [2.24, 2.45) is 0 Å². The Morgan fingerprint density at radius 2 is 1.82 bits per heavy atom. The van der Waals surface area contributed by atoms with Gasteiger partial charge in [-0.15, -0.1) is 0 Å². The molecule has 0 fully saturated rings. The van der Waals surface area contributed by atoms with Gasteiger partial charge < -0.3 is 14.6 Å². The van der Waals surface area contributed by atoms with Crippen LogP contribution in [-0.4, -0.2) is 31.9 Å². The first kappa shape index (κ1) is 16.0. The van der Waals surface area contributed by atoms with Crippen molar-refractivity contribution in [1.82, 2.24) is 0 Å². The van der Waals surface area contributed by atoms with E-state index in [2.05, 4.69) is 0 Å². The van der Waals surface area contributed by atoms with Gasteiger partial charge in [-0.3, -0.25) is 0 Å². The van der Waals surface area contributed by atoms with E-state index in [9.17, 15) is 9.90 Å². The number of rotatable bonds is 6. The van der Waals surface area contributed by atoms with Gasteiger partial charge in [-0.2, -0.15) is 0 Å². The lowest BCUT2D eigenvalue weighted by atomic mass is 9.97. The average molecular weight is 300 g/mol. The van der Waals surface area contributed by atoms with Crippen molar-refractivity contribution < 1.29 is 19.4 Å². The molecule has 22 heavy (non-hydrogen) atoms. The van der Waals surface area contributed by atoms with Crippen LogP contribution in [0.3, 0.4) is 0 Å². The van der Waals surface area contributed by atoms with Gasteiger partial charge in [-0.05, 0) is 42.2 Å².